The molecule has 2 rings (SSSR count). The summed E-state index contributed by atoms with van der Waals surface area (Å²) in [4.78, 5) is 14.2. The molecule has 1 fully saturated rings. The van der Waals surface area contributed by atoms with Gasteiger partial charge >= 0.3 is 0 Å². The van der Waals surface area contributed by atoms with Gasteiger partial charge in [0.15, 0.2) is 23.2 Å². The van der Waals surface area contributed by atoms with Gasteiger partial charge in [-0.1, -0.05) is 12.8 Å². The van der Waals surface area contributed by atoms with Gasteiger partial charge in [0.05, 0.1) is 12.7 Å². The van der Waals surface area contributed by atoms with E-state index in [0.29, 0.717) is 31.7 Å². The number of benzene rings is 1. The third kappa shape index (κ3) is 2.12. The number of hydrogen-bond acceptors (Lipinski definition) is 3. The Morgan fingerprint density at radius 1 is 1.26 bits per heavy atom. The number of methoxy groups -OCH3 is 1. The van der Waals surface area contributed by atoms with Crippen LogP contribution in [0.1, 0.15) is 31.2 Å². The average Bonchev–Trinajstić information content (AvgIpc) is 2.83. The summed E-state index contributed by atoms with van der Waals surface area (Å²) in [6, 6.07) is 0.422. The molecule has 1 aliphatic carbocycles. The van der Waals surface area contributed by atoms with Crippen molar-refractivity contribution in [1.82, 2.24) is 0 Å². The van der Waals surface area contributed by atoms with Crippen molar-refractivity contribution >= 4 is 6.08 Å². The second kappa shape index (κ2) is 5.05. The molecule has 1 aromatic rings. The van der Waals surface area contributed by atoms with Gasteiger partial charge in [-0.25, -0.2) is 18.0 Å². The van der Waals surface area contributed by atoms with Crippen LogP contribution in [0.3, 0.4) is 0 Å². The van der Waals surface area contributed by atoms with Gasteiger partial charge in [0, 0.05) is 6.07 Å². The summed E-state index contributed by atoms with van der Waals surface area (Å²) in [5.41, 5.74) is -1.60. The third-order valence-corrected chi connectivity index (χ3v) is 3.49. The number of hydrogen-bond donors (Lipinski definition) is 0. The lowest BCUT2D eigenvalue weighted by Gasteiger charge is -2.25. The van der Waals surface area contributed by atoms with Crippen molar-refractivity contribution in [1.29, 1.82) is 0 Å². The van der Waals surface area contributed by atoms with Crippen molar-refractivity contribution in [3.63, 3.8) is 0 Å². The normalized spacial score (nSPS) is 17.1. The van der Waals surface area contributed by atoms with Gasteiger partial charge in [-0.15, -0.1) is 0 Å². The molecule has 0 aliphatic heterocycles. The Balaban J connectivity index is 2.75. The smallest absolute Gasteiger partial charge is 0.235 e. The maximum atomic E-state index is 14.0. The van der Waals surface area contributed by atoms with Gasteiger partial charge in [-0.3, -0.25) is 0 Å². The number of nitrogens with zero attached hydrogens (tertiary/aromatic N) is 1. The summed E-state index contributed by atoms with van der Waals surface area (Å²) in [7, 11) is 1.16. The van der Waals surface area contributed by atoms with Crippen LogP contribution >= 0.6 is 0 Å². The predicted octanol–water partition coefficient (Wildman–Crippen LogP) is 3.22. The molecule has 6 heteroatoms. The zero-order valence-corrected chi connectivity index (χ0v) is 10.3. The summed E-state index contributed by atoms with van der Waals surface area (Å²) in [6.45, 7) is 0. The molecular formula is C13H12F3NO2. The lowest BCUT2D eigenvalue weighted by atomic mass is 9.87. The lowest BCUT2D eigenvalue weighted by molar-refractivity contribution is 0.335. The Morgan fingerprint density at radius 3 is 2.42 bits per heavy atom. The van der Waals surface area contributed by atoms with Gasteiger partial charge < -0.3 is 4.74 Å². The standard InChI is InChI=1S/C13H12F3NO2/c1-19-12-9(15)6-8(14)11(16)10(12)13(17-7-18)4-2-3-5-13/h6H,2-5H2,1H3. The molecule has 1 aromatic carbocycles. The number of halogens is 3. The van der Waals surface area contributed by atoms with Crippen LogP contribution in [0, 0.1) is 17.5 Å². The molecule has 0 atom stereocenters. The Morgan fingerprint density at radius 2 is 1.89 bits per heavy atom. The Hall–Kier alpha value is -1.81. The largest absolute Gasteiger partial charge is 0.493 e. The van der Waals surface area contributed by atoms with Crippen LogP contribution in [0.5, 0.6) is 5.75 Å². The van der Waals surface area contributed by atoms with Crippen LogP contribution < -0.4 is 4.74 Å². The zero-order valence-electron chi connectivity index (χ0n) is 10.3. The van der Waals surface area contributed by atoms with Crippen molar-refractivity contribution in [2.24, 2.45) is 4.99 Å². The van der Waals surface area contributed by atoms with Crippen molar-refractivity contribution in [3.8, 4) is 5.75 Å². The third-order valence-electron chi connectivity index (χ3n) is 3.49. The molecule has 3 nitrogen and oxygen atoms in total. The number of aliphatic imine (C=N–C) groups is 1. The van der Waals surface area contributed by atoms with E-state index in [0.717, 1.165) is 7.11 Å². The molecule has 0 saturated heterocycles. The monoisotopic (exact) mass is 271 g/mol. The SMILES string of the molecule is COc1c(F)cc(F)c(F)c1C1(N=C=O)CCCC1. The highest BCUT2D eigenvalue weighted by Crippen LogP contribution is 2.47. The summed E-state index contributed by atoms with van der Waals surface area (Å²) < 4.78 is 46.0. The highest BCUT2D eigenvalue weighted by atomic mass is 19.2. The van der Waals surface area contributed by atoms with E-state index in [1.807, 2.05) is 0 Å². The number of rotatable bonds is 3. The first kappa shape index (κ1) is 13.6. The second-order valence-electron chi connectivity index (χ2n) is 4.50. The van der Waals surface area contributed by atoms with Gasteiger partial charge in [-0.2, -0.15) is 4.99 Å². The van der Waals surface area contributed by atoms with Crippen LogP contribution in [0.2, 0.25) is 0 Å². The second-order valence-corrected chi connectivity index (χ2v) is 4.50. The van der Waals surface area contributed by atoms with Crippen LogP contribution in [-0.2, 0) is 10.3 Å². The van der Waals surface area contributed by atoms with E-state index in [9.17, 15) is 18.0 Å². The molecule has 0 bridgehead atoms. The Kier molecular flexibility index (Phi) is 3.62. The fourth-order valence-corrected chi connectivity index (χ4v) is 2.66. The minimum absolute atomic E-state index is 0.326. The van der Waals surface area contributed by atoms with Crippen LogP contribution in [0.4, 0.5) is 13.2 Å². The quantitative estimate of drug-likeness (QED) is 0.481. The summed E-state index contributed by atoms with van der Waals surface area (Å²) in [5, 5.41) is 0. The van der Waals surface area contributed by atoms with Gasteiger partial charge in [0.2, 0.25) is 6.08 Å². The first-order valence-corrected chi connectivity index (χ1v) is 5.87. The summed E-state index contributed by atoms with van der Waals surface area (Å²) >= 11 is 0. The molecule has 102 valence electrons. The molecular weight excluding hydrogens is 259 g/mol. The maximum Gasteiger partial charge on any atom is 0.235 e. The molecule has 0 spiro atoms. The summed E-state index contributed by atoms with van der Waals surface area (Å²) in [6.07, 6.45) is 3.41. The molecule has 0 unspecified atom stereocenters. The number of isocyanates is 1. The zero-order chi connectivity index (χ0) is 14.0. The topological polar surface area (TPSA) is 38.7 Å². The molecule has 0 radical (unpaired) electrons. The molecule has 1 aliphatic rings. The van der Waals surface area contributed by atoms with E-state index in [2.05, 4.69) is 4.99 Å². The van der Waals surface area contributed by atoms with Crippen molar-refractivity contribution in [2.45, 2.75) is 31.2 Å². The summed E-state index contributed by atoms with van der Waals surface area (Å²) in [5.74, 6) is -3.96. The van der Waals surface area contributed by atoms with Crippen molar-refractivity contribution in [2.75, 3.05) is 7.11 Å². The number of ether oxygens (including phenoxy) is 1. The van der Waals surface area contributed by atoms with Gasteiger partial charge in [0.1, 0.15) is 5.54 Å². The minimum atomic E-state index is -1.32. The first-order valence-electron chi connectivity index (χ1n) is 5.87. The molecule has 0 amide bonds. The fraction of sp³-hybridized carbons (Fsp3) is 0.462. The van der Waals surface area contributed by atoms with Crippen LogP contribution in [0.15, 0.2) is 11.1 Å². The lowest BCUT2D eigenvalue weighted by Crippen LogP contribution is -2.23. The van der Waals surface area contributed by atoms with Crippen molar-refractivity contribution in [3.05, 3.63) is 29.1 Å². The molecule has 0 N–H and O–H groups in total. The first-order chi connectivity index (χ1) is 9.05. The molecule has 0 heterocycles. The van der Waals surface area contributed by atoms with Crippen LogP contribution in [0.25, 0.3) is 0 Å². The van der Waals surface area contributed by atoms with Crippen molar-refractivity contribution < 1.29 is 22.7 Å². The molecule has 19 heavy (non-hydrogen) atoms. The average molecular weight is 271 g/mol. The highest BCUT2D eigenvalue weighted by molar-refractivity contribution is 5.46. The fourth-order valence-electron chi connectivity index (χ4n) is 2.66. The molecule has 0 aromatic heterocycles. The number of carbonyl (C=O) groups excluding carboxylic acids is 1. The van der Waals surface area contributed by atoms with E-state index in [1.54, 1.807) is 0 Å². The highest BCUT2D eigenvalue weighted by Gasteiger charge is 2.42. The maximum absolute atomic E-state index is 14.0. The predicted molar refractivity (Wildman–Crippen MR) is 61.1 cm³/mol. The molecule has 1 saturated carbocycles. The van der Waals surface area contributed by atoms with Gasteiger partial charge in [-0.05, 0) is 12.8 Å². The van der Waals surface area contributed by atoms with Gasteiger partial charge in [0.25, 0.3) is 0 Å². The van der Waals surface area contributed by atoms with E-state index < -0.39 is 28.7 Å². The van der Waals surface area contributed by atoms with E-state index in [-0.39, 0.29) is 5.56 Å². The van der Waals surface area contributed by atoms with Crippen LogP contribution in [-0.4, -0.2) is 13.2 Å². The van der Waals surface area contributed by atoms with E-state index in [1.165, 1.54) is 6.08 Å². The Bertz CT molecular complexity index is 547. The Labute approximate surface area is 108 Å². The minimum Gasteiger partial charge on any atom is -0.493 e. The van der Waals surface area contributed by atoms with E-state index in [4.69, 9.17) is 4.74 Å². The van der Waals surface area contributed by atoms with E-state index >= 15 is 0 Å².